The number of anilines is 1. The number of hydroxylamine groups is 2. The van der Waals surface area contributed by atoms with E-state index in [1.807, 2.05) is 4.98 Å². The number of nitrogens with zero attached hydrogens (tertiary/aromatic N) is 4. The van der Waals surface area contributed by atoms with Gasteiger partial charge in [-0.05, 0) is 0 Å². The molecule has 4 aliphatic heterocycles. The van der Waals surface area contributed by atoms with Gasteiger partial charge in [-0.2, -0.15) is 5.06 Å². The molecule has 6 heterocycles. The number of aromatic hydroxyl groups is 1. The number of carbonyl (C=O) groups is 7. The van der Waals surface area contributed by atoms with Crippen LogP contribution in [0, 0.1) is 0 Å². The van der Waals surface area contributed by atoms with E-state index in [1.54, 1.807) is 0 Å². The molecule has 3 fully saturated rings. The van der Waals surface area contributed by atoms with Crippen LogP contribution in [-0.4, -0.2) is 126 Å². The number of esters is 1. The highest BCUT2D eigenvalue weighted by atomic mass is 32.1. The molecule has 3 atom stereocenters. The number of carbonyl (C=O) groups excluding carboxylic acids is 5. The zero-order chi connectivity index (χ0) is 35.4. The van der Waals surface area contributed by atoms with Gasteiger partial charge in [-0.1, -0.05) is 5.16 Å². The van der Waals surface area contributed by atoms with E-state index in [1.165, 1.54) is 5.38 Å². The van der Waals surface area contributed by atoms with E-state index in [9.17, 15) is 53.7 Å². The topological polar surface area (TPSA) is 320 Å². The van der Waals surface area contributed by atoms with Crippen molar-refractivity contribution in [3.05, 3.63) is 38.8 Å². The van der Waals surface area contributed by atoms with Crippen molar-refractivity contribution in [2.24, 2.45) is 5.16 Å². The van der Waals surface area contributed by atoms with Crippen LogP contribution in [0.1, 0.15) is 45.8 Å². The Labute approximate surface area is 274 Å². The van der Waals surface area contributed by atoms with Gasteiger partial charge in [0.25, 0.3) is 29.2 Å². The highest BCUT2D eigenvalue weighted by molar-refractivity contribution is 7.13. The van der Waals surface area contributed by atoms with Crippen molar-refractivity contribution in [3.8, 4) is 5.75 Å². The van der Waals surface area contributed by atoms with E-state index in [0.29, 0.717) is 11.0 Å². The molecule has 0 aromatic carbocycles. The largest absolute Gasteiger partial charge is 0.503 e. The van der Waals surface area contributed by atoms with Crippen LogP contribution in [0.2, 0.25) is 0 Å². The Hall–Kier alpha value is -5.94. The second-order valence-electron chi connectivity index (χ2n) is 11.0. The quantitative estimate of drug-likeness (QED) is 0.0660. The van der Waals surface area contributed by atoms with Gasteiger partial charge in [0, 0.05) is 24.3 Å². The molecule has 0 aliphatic carbocycles. The number of nitrogens with one attached hydrogen (secondary N) is 2. The van der Waals surface area contributed by atoms with Gasteiger partial charge >= 0.3 is 23.6 Å². The summed E-state index contributed by atoms with van der Waals surface area (Å²) >= 11 is 0.907. The number of thiazole rings is 1. The number of pyridine rings is 1. The van der Waals surface area contributed by atoms with Crippen LogP contribution in [0.3, 0.4) is 0 Å². The number of cyclic esters (lactones) is 1. The maximum Gasteiger partial charge on any atom is 0.372 e. The van der Waals surface area contributed by atoms with Crippen LogP contribution in [0.15, 0.2) is 21.4 Å². The molecule has 4 amide bonds. The summed E-state index contributed by atoms with van der Waals surface area (Å²) in [6.07, 6.45) is -1.25. The monoisotopic (exact) mass is 705 g/mol. The van der Waals surface area contributed by atoms with Gasteiger partial charge in [-0.15, -0.1) is 11.3 Å². The number of fused-ring (bicyclic) bond motifs is 1. The smallest absolute Gasteiger partial charge is 0.372 e. The van der Waals surface area contributed by atoms with E-state index >= 15 is 0 Å². The SMILES string of the molecule is Nc1nc(/C(=N/OC2(C(=O)O)CCOCC2)C(=O)N[C@H]2CON(C3(C(=O)O)C[C@H](N4C(=O)c5cc(O)c(=O)[nH]c5C4=O)C(=O)O3)C2=O)cs1. The number of H-pyrrole nitrogens is 1. The molecular weight excluding hydrogens is 682 g/mol. The highest BCUT2D eigenvalue weighted by Crippen LogP contribution is 2.39. The predicted octanol–water partition coefficient (Wildman–Crippen LogP) is -2.88. The van der Waals surface area contributed by atoms with Gasteiger partial charge < -0.3 is 45.7 Å². The Morgan fingerprint density at radius 3 is 2.47 bits per heavy atom. The number of carboxylic acids is 2. The zero-order valence-corrected chi connectivity index (χ0v) is 25.4. The summed E-state index contributed by atoms with van der Waals surface area (Å²) < 4.78 is 10.3. The lowest BCUT2D eigenvalue weighted by Crippen LogP contribution is -2.57. The number of aromatic amines is 1. The first kappa shape index (κ1) is 33.0. The van der Waals surface area contributed by atoms with Crippen LogP contribution in [0.5, 0.6) is 5.75 Å². The first-order valence-electron chi connectivity index (χ1n) is 14.1. The number of carboxylic acid groups (broad SMARTS) is 2. The van der Waals surface area contributed by atoms with Crippen molar-refractivity contribution in [2.45, 2.75) is 42.7 Å². The molecule has 4 aliphatic rings. The van der Waals surface area contributed by atoms with Crippen molar-refractivity contribution >= 4 is 63.7 Å². The Morgan fingerprint density at radius 2 is 1.84 bits per heavy atom. The molecule has 6 rings (SSSR count). The number of hydrogen-bond donors (Lipinski definition) is 6. The number of amides is 4. The minimum absolute atomic E-state index is 0.00295. The summed E-state index contributed by atoms with van der Waals surface area (Å²) in [7, 11) is 0. The van der Waals surface area contributed by atoms with Crippen molar-refractivity contribution in [3.63, 3.8) is 0 Å². The number of aromatic nitrogens is 2. The van der Waals surface area contributed by atoms with E-state index in [2.05, 4.69) is 15.5 Å². The lowest BCUT2D eigenvalue weighted by atomic mass is 9.95. The standard InChI is InChI=1S/C26H23N7O15S/c27-24-29-11(8-49-24)15(31-48-25(22(41)42)1-3-45-4-2-25)17(36)28-10-7-46-33(19(10)38)26(23(43)44)6-12(21(40)47-26)32-18(37)9-5-13(34)16(35)30-14(9)20(32)39/h5,8,10,12,34H,1-4,6-7H2,(H2,27,29)(H,28,36)(H,30,35)(H,41,42)(H,43,44)/b31-15-/t10-,12-,26?/m0/s1. The summed E-state index contributed by atoms with van der Waals surface area (Å²) in [5, 5.41) is 37.1. The Morgan fingerprint density at radius 1 is 1.12 bits per heavy atom. The number of ether oxygens (including phenoxy) is 2. The van der Waals surface area contributed by atoms with Gasteiger partial charge in [0.05, 0.1) is 25.2 Å². The van der Waals surface area contributed by atoms with Gasteiger partial charge in [0.1, 0.15) is 30.1 Å². The first-order chi connectivity index (χ1) is 23.2. The maximum absolute atomic E-state index is 13.5. The van der Waals surface area contributed by atoms with Gasteiger partial charge in [-0.25, -0.2) is 19.4 Å². The number of oxime groups is 1. The Kier molecular flexibility index (Phi) is 8.04. The van der Waals surface area contributed by atoms with E-state index in [4.69, 9.17) is 24.9 Å². The Balaban J connectivity index is 1.23. The molecule has 258 valence electrons. The van der Waals surface area contributed by atoms with Gasteiger partial charge in [-0.3, -0.25) is 33.7 Å². The summed E-state index contributed by atoms with van der Waals surface area (Å²) in [6, 6.07) is -2.88. The van der Waals surface area contributed by atoms with Crippen LogP contribution in [0.25, 0.3) is 0 Å². The fraction of sp³-hybridized carbons (Fsp3) is 0.385. The molecule has 3 saturated heterocycles. The Bertz CT molecular complexity index is 1920. The molecule has 7 N–H and O–H groups in total. The number of aliphatic carboxylic acids is 2. The molecule has 49 heavy (non-hydrogen) atoms. The number of nitrogen functional groups attached to an aromatic ring is 1. The number of rotatable bonds is 9. The molecule has 23 heteroatoms. The van der Waals surface area contributed by atoms with Gasteiger partial charge in [0.2, 0.25) is 5.60 Å². The van der Waals surface area contributed by atoms with E-state index < -0.39 is 106 Å². The van der Waals surface area contributed by atoms with E-state index in [0.717, 1.165) is 11.3 Å². The molecule has 2 aromatic heterocycles. The zero-order valence-electron chi connectivity index (χ0n) is 24.6. The summed E-state index contributed by atoms with van der Waals surface area (Å²) in [5.74, 6) is -10.4. The number of imide groups is 1. The molecule has 0 saturated carbocycles. The van der Waals surface area contributed by atoms with Crippen molar-refractivity contribution < 1.29 is 68.0 Å². The molecule has 1 unspecified atom stereocenters. The number of hydrogen-bond acceptors (Lipinski definition) is 17. The highest BCUT2D eigenvalue weighted by Gasteiger charge is 2.65. The summed E-state index contributed by atoms with van der Waals surface area (Å²) in [5.41, 5.74) is -2.00. The molecular formula is C26H23N7O15S. The first-order valence-corrected chi connectivity index (χ1v) is 14.9. The van der Waals surface area contributed by atoms with Crippen LogP contribution >= 0.6 is 11.3 Å². The molecule has 2 aromatic rings. The van der Waals surface area contributed by atoms with Crippen molar-refractivity contribution in [1.82, 2.24) is 25.2 Å². The molecule has 0 spiro atoms. The maximum atomic E-state index is 13.5. The fourth-order valence-corrected chi connectivity index (χ4v) is 6.01. The van der Waals surface area contributed by atoms with Crippen molar-refractivity contribution in [1.29, 1.82) is 0 Å². The second kappa shape index (κ2) is 11.9. The average molecular weight is 706 g/mol. The van der Waals surface area contributed by atoms with Crippen LogP contribution in [-0.2, 0) is 43.1 Å². The summed E-state index contributed by atoms with van der Waals surface area (Å²) in [6.45, 7) is -0.646. The third-order valence-corrected chi connectivity index (χ3v) is 8.72. The third kappa shape index (κ3) is 5.38. The third-order valence-electron chi connectivity index (χ3n) is 8.04. The second-order valence-corrected chi connectivity index (χ2v) is 11.8. The molecule has 22 nitrogen and oxygen atoms in total. The minimum Gasteiger partial charge on any atom is -0.503 e. The minimum atomic E-state index is -2.94. The van der Waals surface area contributed by atoms with Crippen molar-refractivity contribution in [2.75, 3.05) is 25.6 Å². The van der Waals surface area contributed by atoms with Crippen LogP contribution < -0.4 is 16.6 Å². The fourth-order valence-electron chi connectivity index (χ4n) is 5.46. The average Bonchev–Trinajstić information content (AvgIpc) is 3.80. The van der Waals surface area contributed by atoms with Gasteiger partial charge in [0.15, 0.2) is 16.6 Å². The predicted molar refractivity (Wildman–Crippen MR) is 153 cm³/mol. The number of nitrogens with two attached hydrogens (primary N) is 1. The lowest BCUT2D eigenvalue weighted by Gasteiger charge is -2.31. The van der Waals surface area contributed by atoms with E-state index in [-0.39, 0.29) is 41.9 Å². The molecule has 0 radical (unpaired) electrons. The molecule has 0 bridgehead atoms. The van der Waals surface area contributed by atoms with Crippen LogP contribution in [0.4, 0.5) is 5.13 Å². The normalized spacial score (nSPS) is 24.9. The lowest BCUT2D eigenvalue weighted by molar-refractivity contribution is -0.256. The summed E-state index contributed by atoms with van der Waals surface area (Å²) in [4.78, 5) is 119.